The molecule has 0 N–H and O–H groups in total. The van der Waals surface area contributed by atoms with Crippen molar-refractivity contribution in [3.63, 3.8) is 0 Å². The van der Waals surface area contributed by atoms with Crippen LogP contribution < -0.4 is 0 Å². The lowest BCUT2D eigenvalue weighted by Crippen LogP contribution is -2.07. The topological polar surface area (TPSA) is 26.3 Å². The molecule has 0 aromatic rings. The molecular formula is C9H18O2. The molecule has 0 aromatic carbocycles. The molecule has 0 rings (SSSR count). The predicted molar refractivity (Wildman–Crippen MR) is 45.6 cm³/mol. The lowest BCUT2D eigenvalue weighted by atomic mass is 10.1. The fraction of sp³-hybridized carbons (Fsp3) is 0.889. The molecule has 0 aliphatic heterocycles. The average Bonchev–Trinajstić information content (AvgIpc) is 1.99. The van der Waals surface area contributed by atoms with E-state index < -0.39 is 0 Å². The van der Waals surface area contributed by atoms with Crippen LogP contribution in [-0.2, 0) is 9.53 Å². The second kappa shape index (κ2) is 7.73. The molecule has 0 aliphatic rings. The highest BCUT2D eigenvalue weighted by Crippen LogP contribution is 2.00. The van der Waals surface area contributed by atoms with E-state index in [2.05, 4.69) is 6.92 Å². The van der Waals surface area contributed by atoms with Crippen LogP contribution in [0, 0.1) is 5.92 Å². The summed E-state index contributed by atoms with van der Waals surface area (Å²) in [6, 6.07) is 0. The maximum Gasteiger partial charge on any atom is 0.120 e. The van der Waals surface area contributed by atoms with Crippen molar-refractivity contribution < 1.29 is 9.53 Å². The van der Waals surface area contributed by atoms with Crippen LogP contribution in [0.3, 0.4) is 0 Å². The smallest absolute Gasteiger partial charge is 0.120 e. The van der Waals surface area contributed by atoms with Gasteiger partial charge >= 0.3 is 0 Å². The zero-order chi connectivity index (χ0) is 8.53. The number of carbonyl (C=O) groups is 1. The number of hydrogen-bond donors (Lipinski definition) is 0. The highest BCUT2D eigenvalue weighted by molar-refractivity contribution is 5.49. The van der Waals surface area contributed by atoms with E-state index >= 15 is 0 Å². The summed E-state index contributed by atoms with van der Waals surface area (Å²) in [6.45, 7) is 5.72. The number of ether oxygens (including phenoxy) is 1. The van der Waals surface area contributed by atoms with Gasteiger partial charge in [0.25, 0.3) is 0 Å². The van der Waals surface area contributed by atoms with Crippen LogP contribution in [0.2, 0.25) is 0 Å². The first-order valence-corrected chi connectivity index (χ1v) is 4.32. The van der Waals surface area contributed by atoms with E-state index in [1.807, 2.05) is 6.92 Å². The Kier molecular flexibility index (Phi) is 7.47. The Morgan fingerprint density at radius 2 is 2.27 bits per heavy atom. The van der Waals surface area contributed by atoms with Gasteiger partial charge in [-0.2, -0.15) is 0 Å². The molecule has 0 aromatic heterocycles. The largest absolute Gasteiger partial charge is 0.381 e. The highest BCUT2D eigenvalue weighted by Gasteiger charge is 1.99. The Morgan fingerprint density at radius 3 is 2.82 bits per heavy atom. The maximum absolute atomic E-state index is 10.0. The molecule has 11 heavy (non-hydrogen) atoms. The summed E-state index contributed by atoms with van der Waals surface area (Å²) in [5.74, 6) is 0.379. The van der Waals surface area contributed by atoms with Crippen LogP contribution in [0.4, 0.5) is 0 Å². The van der Waals surface area contributed by atoms with E-state index in [-0.39, 0.29) is 0 Å². The first-order chi connectivity index (χ1) is 5.31. The fourth-order valence-electron chi connectivity index (χ4n) is 0.763. The monoisotopic (exact) mass is 158 g/mol. The van der Waals surface area contributed by atoms with Gasteiger partial charge in [-0.3, -0.25) is 0 Å². The molecule has 0 bridgehead atoms. The first kappa shape index (κ1) is 10.6. The van der Waals surface area contributed by atoms with E-state index in [0.29, 0.717) is 12.3 Å². The van der Waals surface area contributed by atoms with Crippen molar-refractivity contribution in [3.8, 4) is 0 Å². The van der Waals surface area contributed by atoms with Crippen molar-refractivity contribution >= 4 is 6.29 Å². The number of unbranched alkanes of at least 4 members (excludes halogenated alkanes) is 1. The number of aldehydes is 1. The van der Waals surface area contributed by atoms with Crippen molar-refractivity contribution in [1.29, 1.82) is 0 Å². The normalized spacial score (nSPS) is 12.9. The third-order valence-electron chi connectivity index (χ3n) is 1.54. The van der Waals surface area contributed by atoms with E-state index in [1.165, 1.54) is 6.42 Å². The minimum Gasteiger partial charge on any atom is -0.381 e. The van der Waals surface area contributed by atoms with Crippen LogP contribution in [0.5, 0.6) is 0 Å². The maximum atomic E-state index is 10.0. The molecule has 1 unspecified atom stereocenters. The highest BCUT2D eigenvalue weighted by atomic mass is 16.5. The Balaban J connectivity index is 3.03. The summed E-state index contributed by atoms with van der Waals surface area (Å²) in [7, 11) is 0. The number of hydrogen-bond acceptors (Lipinski definition) is 2. The third kappa shape index (κ3) is 7.53. The van der Waals surface area contributed by atoms with Gasteiger partial charge < -0.3 is 9.53 Å². The van der Waals surface area contributed by atoms with Crippen LogP contribution >= 0.6 is 0 Å². The van der Waals surface area contributed by atoms with Gasteiger partial charge in [-0.15, -0.1) is 0 Å². The minimum atomic E-state index is 0.379. The third-order valence-corrected chi connectivity index (χ3v) is 1.54. The Hall–Kier alpha value is -0.370. The first-order valence-electron chi connectivity index (χ1n) is 4.32. The molecule has 0 radical (unpaired) electrons. The standard InChI is InChI=1S/C9H18O2/c1-3-4-7-11-8-9(2)5-6-10/h6,9H,3-5,7-8H2,1-2H3. The Labute approximate surface area is 68.9 Å². The fourth-order valence-corrected chi connectivity index (χ4v) is 0.763. The van der Waals surface area contributed by atoms with Gasteiger partial charge in [0.2, 0.25) is 0 Å². The van der Waals surface area contributed by atoms with Crippen LogP contribution in [-0.4, -0.2) is 19.5 Å². The van der Waals surface area contributed by atoms with Crippen LogP contribution in [0.15, 0.2) is 0 Å². The molecular weight excluding hydrogens is 140 g/mol. The SMILES string of the molecule is CCCCOCC(C)CC=O. The molecule has 66 valence electrons. The van der Waals surface area contributed by atoms with Crippen molar-refractivity contribution in [2.24, 2.45) is 5.92 Å². The lowest BCUT2D eigenvalue weighted by molar-refractivity contribution is -0.108. The summed E-state index contributed by atoms with van der Waals surface area (Å²) in [5.41, 5.74) is 0. The summed E-state index contributed by atoms with van der Waals surface area (Å²) >= 11 is 0. The van der Waals surface area contributed by atoms with Crippen molar-refractivity contribution in [2.75, 3.05) is 13.2 Å². The van der Waals surface area contributed by atoms with E-state index in [4.69, 9.17) is 4.74 Å². The Morgan fingerprint density at radius 1 is 1.55 bits per heavy atom. The summed E-state index contributed by atoms with van der Waals surface area (Å²) in [5, 5.41) is 0. The molecule has 0 spiro atoms. The van der Waals surface area contributed by atoms with Gasteiger partial charge in [0.05, 0.1) is 0 Å². The van der Waals surface area contributed by atoms with Gasteiger partial charge in [-0.1, -0.05) is 20.3 Å². The molecule has 1 atom stereocenters. The van der Waals surface area contributed by atoms with Gasteiger partial charge in [-0.05, 0) is 12.3 Å². The van der Waals surface area contributed by atoms with E-state index in [9.17, 15) is 4.79 Å². The molecule has 2 heteroatoms. The van der Waals surface area contributed by atoms with Gasteiger partial charge in [0.1, 0.15) is 6.29 Å². The minimum absolute atomic E-state index is 0.379. The lowest BCUT2D eigenvalue weighted by Gasteiger charge is -2.07. The van der Waals surface area contributed by atoms with Crippen molar-refractivity contribution in [1.82, 2.24) is 0 Å². The molecule has 0 saturated heterocycles. The predicted octanol–water partition coefficient (Wildman–Crippen LogP) is 2.03. The zero-order valence-corrected chi connectivity index (χ0v) is 7.51. The van der Waals surface area contributed by atoms with Crippen LogP contribution in [0.25, 0.3) is 0 Å². The van der Waals surface area contributed by atoms with Crippen molar-refractivity contribution in [3.05, 3.63) is 0 Å². The summed E-state index contributed by atoms with van der Waals surface area (Å²) < 4.78 is 5.33. The average molecular weight is 158 g/mol. The summed E-state index contributed by atoms with van der Waals surface area (Å²) in [4.78, 5) is 10.0. The van der Waals surface area contributed by atoms with Crippen LogP contribution in [0.1, 0.15) is 33.1 Å². The van der Waals surface area contributed by atoms with Gasteiger partial charge in [-0.25, -0.2) is 0 Å². The van der Waals surface area contributed by atoms with Gasteiger partial charge in [0, 0.05) is 19.6 Å². The zero-order valence-electron chi connectivity index (χ0n) is 7.51. The molecule has 2 nitrogen and oxygen atoms in total. The molecule has 0 fully saturated rings. The van der Waals surface area contributed by atoms with E-state index in [0.717, 1.165) is 25.9 Å². The number of carbonyl (C=O) groups excluding carboxylic acids is 1. The second-order valence-corrected chi connectivity index (χ2v) is 2.94. The molecule has 0 heterocycles. The molecule has 0 aliphatic carbocycles. The van der Waals surface area contributed by atoms with Crippen molar-refractivity contribution in [2.45, 2.75) is 33.1 Å². The molecule has 0 amide bonds. The molecule has 0 saturated carbocycles. The number of rotatable bonds is 7. The quantitative estimate of drug-likeness (QED) is 0.418. The van der Waals surface area contributed by atoms with Gasteiger partial charge in [0.15, 0.2) is 0 Å². The summed E-state index contributed by atoms with van der Waals surface area (Å²) in [6.07, 6.45) is 3.86. The van der Waals surface area contributed by atoms with E-state index in [1.54, 1.807) is 0 Å². The Bertz CT molecular complexity index is 91.6. The second-order valence-electron chi connectivity index (χ2n) is 2.94.